The van der Waals surface area contributed by atoms with Crippen LogP contribution in [0.5, 0.6) is 5.75 Å². The maximum atomic E-state index is 12.8. The number of anilines is 1. The monoisotopic (exact) mass is 540 g/mol. The molecule has 0 aliphatic carbocycles. The van der Waals surface area contributed by atoms with Crippen molar-refractivity contribution >= 4 is 51.3 Å². The smallest absolute Gasteiger partial charge is 0.341 e. The summed E-state index contributed by atoms with van der Waals surface area (Å²) in [4.78, 5) is 26.6. The number of thiophene rings is 2. The number of esters is 1. The number of nitrogens with one attached hydrogen (secondary N) is 1. The molecule has 0 atom stereocenters. The first-order chi connectivity index (χ1) is 17.5. The number of carbonyl (C=O) groups is 2. The van der Waals surface area contributed by atoms with E-state index in [0.717, 1.165) is 11.4 Å². The van der Waals surface area contributed by atoms with Crippen molar-refractivity contribution < 1.29 is 19.1 Å². The normalized spacial score (nSPS) is 10.7. The molecule has 0 saturated carbocycles. The van der Waals surface area contributed by atoms with Crippen molar-refractivity contribution in [2.24, 2.45) is 0 Å². The first-order valence-corrected chi connectivity index (χ1v) is 13.6. The molecule has 0 aliphatic rings. The maximum Gasteiger partial charge on any atom is 0.341 e. The number of nitrogens with zero attached hydrogens (tertiary/aromatic N) is 3. The fourth-order valence-corrected chi connectivity index (χ4v) is 5.91. The average Bonchev–Trinajstić information content (AvgIpc) is 3.64. The van der Waals surface area contributed by atoms with E-state index in [-0.39, 0.29) is 11.7 Å². The summed E-state index contributed by atoms with van der Waals surface area (Å²) in [5, 5.41) is 16.4. The molecular formula is C25H24N4O4S3. The summed E-state index contributed by atoms with van der Waals surface area (Å²) in [6.07, 6.45) is 2.44. The number of benzene rings is 1. The zero-order valence-corrected chi connectivity index (χ0v) is 22.2. The first kappa shape index (κ1) is 25.7. The molecule has 0 saturated heterocycles. The van der Waals surface area contributed by atoms with E-state index in [0.29, 0.717) is 40.0 Å². The maximum absolute atomic E-state index is 12.8. The van der Waals surface area contributed by atoms with Gasteiger partial charge in [-0.2, -0.15) is 0 Å². The summed E-state index contributed by atoms with van der Waals surface area (Å²) in [6, 6.07) is 11.4. The molecule has 1 amide bonds. The van der Waals surface area contributed by atoms with Crippen LogP contribution in [-0.2, 0) is 22.5 Å². The highest BCUT2D eigenvalue weighted by Crippen LogP contribution is 2.37. The molecule has 3 aromatic heterocycles. The third-order valence-electron chi connectivity index (χ3n) is 5.18. The van der Waals surface area contributed by atoms with Gasteiger partial charge in [-0.1, -0.05) is 36.0 Å². The molecule has 1 N–H and O–H groups in total. The van der Waals surface area contributed by atoms with Crippen LogP contribution in [0.3, 0.4) is 0 Å². The molecule has 186 valence electrons. The molecule has 4 aromatic rings. The van der Waals surface area contributed by atoms with E-state index in [4.69, 9.17) is 9.47 Å². The number of rotatable bonds is 11. The minimum Gasteiger partial charge on any atom is -0.497 e. The Hall–Kier alpha value is -3.41. The topological polar surface area (TPSA) is 95.3 Å². The second kappa shape index (κ2) is 12.0. The third kappa shape index (κ3) is 5.86. The van der Waals surface area contributed by atoms with Crippen LogP contribution in [0.15, 0.2) is 65.0 Å². The number of hydrogen-bond acceptors (Lipinski definition) is 9. The molecule has 1 aromatic carbocycles. The summed E-state index contributed by atoms with van der Waals surface area (Å²) in [5.74, 6) is 0.845. The summed E-state index contributed by atoms with van der Waals surface area (Å²) < 4.78 is 12.2. The number of carbonyl (C=O) groups excluding carboxylic acids is 2. The van der Waals surface area contributed by atoms with Crippen molar-refractivity contribution in [3.05, 3.63) is 76.1 Å². The average molecular weight is 541 g/mol. The van der Waals surface area contributed by atoms with Crippen LogP contribution in [0.4, 0.5) is 5.00 Å². The van der Waals surface area contributed by atoms with Crippen LogP contribution >= 0.6 is 34.4 Å². The van der Waals surface area contributed by atoms with Gasteiger partial charge in [0.15, 0.2) is 5.16 Å². The van der Waals surface area contributed by atoms with Crippen molar-refractivity contribution in [1.29, 1.82) is 0 Å². The molecule has 0 bridgehead atoms. The van der Waals surface area contributed by atoms with Gasteiger partial charge < -0.3 is 19.4 Å². The Balaban J connectivity index is 1.48. The Kier molecular flexibility index (Phi) is 8.57. The molecule has 0 radical (unpaired) electrons. The van der Waals surface area contributed by atoms with Gasteiger partial charge in [-0.05, 0) is 29.1 Å². The van der Waals surface area contributed by atoms with E-state index >= 15 is 0 Å². The van der Waals surface area contributed by atoms with Crippen molar-refractivity contribution in [1.82, 2.24) is 14.8 Å². The van der Waals surface area contributed by atoms with E-state index in [1.54, 1.807) is 24.5 Å². The van der Waals surface area contributed by atoms with Gasteiger partial charge in [0.1, 0.15) is 22.1 Å². The number of ether oxygens (including phenoxy) is 2. The zero-order chi connectivity index (χ0) is 25.5. The lowest BCUT2D eigenvalue weighted by atomic mass is 10.0. The van der Waals surface area contributed by atoms with Crippen molar-refractivity contribution in [2.75, 3.05) is 25.3 Å². The van der Waals surface area contributed by atoms with Crippen LogP contribution in [0.1, 0.15) is 21.1 Å². The predicted octanol–water partition coefficient (Wildman–Crippen LogP) is 5.37. The minimum absolute atomic E-state index is 0.102. The summed E-state index contributed by atoms with van der Waals surface area (Å²) >= 11 is 4.22. The van der Waals surface area contributed by atoms with Crippen LogP contribution in [0, 0.1) is 0 Å². The van der Waals surface area contributed by atoms with Gasteiger partial charge in [0.05, 0.1) is 20.0 Å². The highest BCUT2D eigenvalue weighted by atomic mass is 32.2. The number of allylic oxidation sites excluding steroid dienone is 1. The van der Waals surface area contributed by atoms with Gasteiger partial charge in [0.2, 0.25) is 5.91 Å². The number of hydrogen-bond donors (Lipinski definition) is 1. The van der Waals surface area contributed by atoms with Crippen LogP contribution in [0.25, 0.3) is 11.1 Å². The van der Waals surface area contributed by atoms with E-state index in [1.807, 2.05) is 45.7 Å². The van der Waals surface area contributed by atoms with Crippen LogP contribution < -0.4 is 10.1 Å². The van der Waals surface area contributed by atoms with Crippen molar-refractivity contribution in [3.8, 4) is 16.9 Å². The molecule has 0 spiro atoms. The van der Waals surface area contributed by atoms with Crippen LogP contribution in [-0.4, -0.2) is 46.6 Å². The van der Waals surface area contributed by atoms with Crippen molar-refractivity contribution in [2.45, 2.75) is 18.1 Å². The largest absolute Gasteiger partial charge is 0.497 e. The molecule has 11 heteroatoms. The first-order valence-electron chi connectivity index (χ1n) is 10.9. The number of amides is 1. The fraction of sp³-hybridized carbons (Fsp3) is 0.200. The Bertz CT molecular complexity index is 1340. The van der Waals surface area contributed by atoms with Gasteiger partial charge in [-0.15, -0.1) is 39.4 Å². The summed E-state index contributed by atoms with van der Waals surface area (Å²) in [6.45, 7) is 4.37. The Morgan fingerprint density at radius 3 is 2.64 bits per heavy atom. The highest BCUT2D eigenvalue weighted by molar-refractivity contribution is 7.99. The van der Waals surface area contributed by atoms with Gasteiger partial charge >= 0.3 is 5.97 Å². The lowest BCUT2D eigenvalue weighted by molar-refractivity contribution is -0.113. The Morgan fingerprint density at radius 1 is 1.17 bits per heavy atom. The number of methoxy groups -OCH3 is 2. The Morgan fingerprint density at radius 2 is 1.97 bits per heavy atom. The van der Waals surface area contributed by atoms with E-state index in [9.17, 15) is 9.59 Å². The van der Waals surface area contributed by atoms with E-state index in [2.05, 4.69) is 28.2 Å². The molecule has 0 aliphatic heterocycles. The standard InChI is InChI=1S/C25H24N4O4S3/c1-4-11-29-20(13-18-6-5-12-34-18)27-28-25(29)36-15-21(30)26-23-22(24(31)33-3)19(14-35-23)16-7-9-17(32-2)10-8-16/h4-10,12,14H,1,11,13,15H2,2-3H3,(H,26,30). The van der Waals surface area contributed by atoms with Gasteiger partial charge in [0.25, 0.3) is 0 Å². The van der Waals surface area contributed by atoms with Crippen molar-refractivity contribution in [3.63, 3.8) is 0 Å². The lowest BCUT2D eigenvalue weighted by Crippen LogP contribution is -2.16. The molecular weight excluding hydrogens is 517 g/mol. The van der Waals surface area contributed by atoms with Gasteiger partial charge in [0, 0.05) is 28.8 Å². The summed E-state index contributed by atoms with van der Waals surface area (Å²) in [5.41, 5.74) is 1.82. The molecule has 36 heavy (non-hydrogen) atoms. The lowest BCUT2D eigenvalue weighted by Gasteiger charge is -2.09. The number of aromatic nitrogens is 3. The second-order valence-corrected chi connectivity index (χ2v) is 10.3. The van der Waals surface area contributed by atoms with Crippen LogP contribution in [0.2, 0.25) is 0 Å². The molecule has 4 rings (SSSR count). The Labute approximate surface area is 221 Å². The van der Waals surface area contributed by atoms with Gasteiger partial charge in [-0.25, -0.2) is 4.79 Å². The molecule has 8 nitrogen and oxygen atoms in total. The zero-order valence-electron chi connectivity index (χ0n) is 19.7. The minimum atomic E-state index is -0.519. The predicted molar refractivity (Wildman–Crippen MR) is 144 cm³/mol. The molecule has 0 fully saturated rings. The van der Waals surface area contributed by atoms with Gasteiger partial charge in [-0.3, -0.25) is 4.79 Å². The third-order valence-corrected chi connectivity index (χ3v) is 7.92. The quantitative estimate of drug-likeness (QED) is 0.155. The summed E-state index contributed by atoms with van der Waals surface area (Å²) in [7, 11) is 2.91. The van der Waals surface area contributed by atoms with E-state index in [1.165, 1.54) is 35.1 Å². The second-order valence-electron chi connectivity index (χ2n) is 7.46. The highest BCUT2D eigenvalue weighted by Gasteiger charge is 2.23. The molecule has 3 heterocycles. The number of thioether (sulfide) groups is 1. The molecule has 0 unspecified atom stereocenters. The van der Waals surface area contributed by atoms with E-state index < -0.39 is 5.97 Å². The fourth-order valence-electron chi connectivity index (χ4n) is 3.47. The SMILES string of the molecule is C=CCn1c(Cc2cccs2)nnc1SCC(=O)Nc1scc(-c2ccc(OC)cc2)c1C(=O)OC.